The van der Waals surface area contributed by atoms with E-state index < -0.39 is 0 Å². The van der Waals surface area contributed by atoms with Gasteiger partial charge in [-0.15, -0.1) is 23.5 Å². The van der Waals surface area contributed by atoms with Gasteiger partial charge in [-0.2, -0.15) is 0 Å². The minimum atomic E-state index is 0.330. The van der Waals surface area contributed by atoms with E-state index in [0.29, 0.717) is 10.4 Å². The molecule has 1 saturated heterocycles. The molecular weight excluding hydrogens is 176 g/mol. The molecule has 0 bridgehead atoms. The molecule has 0 aromatic carbocycles. The van der Waals surface area contributed by atoms with E-state index in [0.717, 1.165) is 6.42 Å². The first-order valence-corrected chi connectivity index (χ1v) is 6.11. The lowest BCUT2D eigenvalue weighted by atomic mass is 10.3. The largest absolute Gasteiger partial charge is 0.300 e. The van der Waals surface area contributed by atoms with Crippen molar-refractivity contribution in [2.75, 3.05) is 11.5 Å². The highest BCUT2D eigenvalue weighted by Crippen LogP contribution is 2.31. The molecule has 0 spiro atoms. The standard InChI is InChI=1S/C8H14OS2/c1-7(9)6-8-10-4-2-3-5-11-8/h8H,2-6H2,1H3. The van der Waals surface area contributed by atoms with Gasteiger partial charge in [0.25, 0.3) is 0 Å². The number of carbonyl (C=O) groups is 1. The van der Waals surface area contributed by atoms with Crippen molar-refractivity contribution in [3.05, 3.63) is 0 Å². The molecule has 0 radical (unpaired) electrons. The molecule has 0 unspecified atom stereocenters. The summed E-state index contributed by atoms with van der Waals surface area (Å²) in [6.07, 6.45) is 3.41. The Hall–Kier alpha value is 0.370. The molecule has 1 aliphatic rings. The fourth-order valence-corrected chi connectivity index (χ4v) is 3.97. The van der Waals surface area contributed by atoms with Crippen molar-refractivity contribution in [2.45, 2.75) is 30.8 Å². The fourth-order valence-electron chi connectivity index (χ4n) is 1.03. The van der Waals surface area contributed by atoms with E-state index in [9.17, 15) is 4.79 Å². The summed E-state index contributed by atoms with van der Waals surface area (Å²) in [7, 11) is 0. The van der Waals surface area contributed by atoms with Crippen LogP contribution in [-0.4, -0.2) is 21.9 Å². The predicted molar refractivity (Wildman–Crippen MR) is 53.2 cm³/mol. The van der Waals surface area contributed by atoms with Crippen LogP contribution in [0.2, 0.25) is 0 Å². The summed E-state index contributed by atoms with van der Waals surface area (Å²) in [5.74, 6) is 2.81. The summed E-state index contributed by atoms with van der Waals surface area (Å²) in [4.78, 5) is 10.8. The fraction of sp³-hybridized carbons (Fsp3) is 0.875. The van der Waals surface area contributed by atoms with Crippen molar-refractivity contribution < 1.29 is 4.79 Å². The van der Waals surface area contributed by atoms with Crippen LogP contribution in [0.4, 0.5) is 0 Å². The van der Waals surface area contributed by atoms with E-state index in [2.05, 4.69) is 0 Å². The zero-order chi connectivity index (χ0) is 8.10. The average molecular weight is 190 g/mol. The maximum Gasteiger partial charge on any atom is 0.131 e. The van der Waals surface area contributed by atoms with Crippen molar-refractivity contribution >= 4 is 29.3 Å². The van der Waals surface area contributed by atoms with Gasteiger partial charge < -0.3 is 0 Å². The molecule has 1 heterocycles. The topological polar surface area (TPSA) is 17.1 Å². The van der Waals surface area contributed by atoms with Gasteiger partial charge in [0.2, 0.25) is 0 Å². The molecule has 0 amide bonds. The third-order valence-corrected chi connectivity index (χ3v) is 4.54. The monoisotopic (exact) mass is 190 g/mol. The summed E-state index contributed by atoms with van der Waals surface area (Å²) in [6, 6.07) is 0. The van der Waals surface area contributed by atoms with E-state index in [1.165, 1.54) is 24.3 Å². The quantitative estimate of drug-likeness (QED) is 0.666. The van der Waals surface area contributed by atoms with Crippen LogP contribution in [0.15, 0.2) is 0 Å². The summed E-state index contributed by atoms with van der Waals surface area (Å²) in [5, 5.41) is 0. The lowest BCUT2D eigenvalue weighted by molar-refractivity contribution is -0.116. The van der Waals surface area contributed by atoms with Gasteiger partial charge in [-0.3, -0.25) is 4.79 Å². The molecule has 0 aliphatic carbocycles. The maximum atomic E-state index is 10.8. The molecular formula is C8H14OS2. The zero-order valence-corrected chi connectivity index (χ0v) is 8.47. The van der Waals surface area contributed by atoms with Gasteiger partial charge in [0.15, 0.2) is 0 Å². The van der Waals surface area contributed by atoms with Crippen molar-refractivity contribution in [1.82, 2.24) is 0 Å². The van der Waals surface area contributed by atoms with Gasteiger partial charge in [-0.25, -0.2) is 0 Å². The minimum Gasteiger partial charge on any atom is -0.300 e. The first kappa shape index (κ1) is 9.46. The van der Waals surface area contributed by atoms with Gasteiger partial charge in [0.05, 0.1) is 4.58 Å². The van der Waals surface area contributed by atoms with Crippen molar-refractivity contribution in [3.8, 4) is 0 Å². The highest BCUT2D eigenvalue weighted by Gasteiger charge is 2.14. The van der Waals surface area contributed by atoms with Crippen LogP contribution in [0.5, 0.6) is 0 Å². The maximum absolute atomic E-state index is 10.8. The summed E-state index contributed by atoms with van der Waals surface area (Å²) in [6.45, 7) is 1.69. The molecule has 0 aromatic heterocycles. The molecule has 11 heavy (non-hydrogen) atoms. The van der Waals surface area contributed by atoms with Gasteiger partial charge >= 0.3 is 0 Å². The van der Waals surface area contributed by atoms with Crippen LogP contribution in [-0.2, 0) is 4.79 Å². The molecule has 1 fully saturated rings. The molecule has 0 saturated carbocycles. The van der Waals surface area contributed by atoms with Crippen LogP contribution >= 0.6 is 23.5 Å². The molecule has 0 atom stereocenters. The highest BCUT2D eigenvalue weighted by molar-refractivity contribution is 8.17. The predicted octanol–water partition coefficient (Wildman–Crippen LogP) is 2.55. The third-order valence-electron chi connectivity index (χ3n) is 1.60. The molecule has 0 N–H and O–H groups in total. The average Bonchev–Trinajstić information content (AvgIpc) is 2.14. The van der Waals surface area contributed by atoms with Crippen molar-refractivity contribution in [3.63, 3.8) is 0 Å². The van der Waals surface area contributed by atoms with Gasteiger partial charge in [-0.05, 0) is 31.3 Å². The van der Waals surface area contributed by atoms with E-state index in [1.54, 1.807) is 6.92 Å². The molecule has 1 rings (SSSR count). The number of rotatable bonds is 2. The van der Waals surface area contributed by atoms with Crippen LogP contribution in [0.25, 0.3) is 0 Å². The highest BCUT2D eigenvalue weighted by atomic mass is 32.2. The van der Waals surface area contributed by atoms with Crippen LogP contribution in [0, 0.1) is 0 Å². The molecule has 0 aromatic rings. The Kier molecular flexibility index (Phi) is 4.38. The number of Topliss-reactive ketones (excluding diaryl/α,β-unsaturated/α-hetero) is 1. The number of hydrogen-bond donors (Lipinski definition) is 0. The van der Waals surface area contributed by atoms with Crippen LogP contribution in [0.1, 0.15) is 26.2 Å². The summed E-state index contributed by atoms with van der Waals surface area (Å²) in [5.41, 5.74) is 0. The smallest absolute Gasteiger partial charge is 0.131 e. The number of thioether (sulfide) groups is 2. The number of hydrogen-bond acceptors (Lipinski definition) is 3. The zero-order valence-electron chi connectivity index (χ0n) is 6.84. The Balaban J connectivity index is 2.25. The normalized spacial score (nSPS) is 21.2. The molecule has 1 aliphatic heterocycles. The Morgan fingerprint density at radius 2 is 1.91 bits per heavy atom. The first-order chi connectivity index (χ1) is 5.29. The molecule has 64 valence electrons. The number of ketones is 1. The Morgan fingerprint density at radius 1 is 1.36 bits per heavy atom. The minimum absolute atomic E-state index is 0.330. The van der Waals surface area contributed by atoms with Crippen molar-refractivity contribution in [1.29, 1.82) is 0 Å². The Morgan fingerprint density at radius 3 is 2.36 bits per heavy atom. The lowest BCUT2D eigenvalue weighted by Crippen LogP contribution is -2.03. The second kappa shape index (κ2) is 5.09. The molecule has 1 nitrogen and oxygen atoms in total. The molecule has 3 heteroatoms. The SMILES string of the molecule is CC(=O)CC1SCCCCS1. The van der Waals surface area contributed by atoms with Gasteiger partial charge in [0, 0.05) is 6.42 Å². The number of carbonyl (C=O) groups excluding carboxylic acids is 1. The van der Waals surface area contributed by atoms with Crippen molar-refractivity contribution in [2.24, 2.45) is 0 Å². The van der Waals surface area contributed by atoms with Gasteiger partial charge in [-0.1, -0.05) is 0 Å². The van der Waals surface area contributed by atoms with E-state index in [4.69, 9.17) is 0 Å². The Labute approximate surface area is 76.7 Å². The second-order valence-corrected chi connectivity index (χ2v) is 5.70. The van der Waals surface area contributed by atoms with E-state index in [1.807, 2.05) is 23.5 Å². The van der Waals surface area contributed by atoms with Gasteiger partial charge in [0.1, 0.15) is 5.78 Å². The third kappa shape index (κ3) is 4.06. The summed E-state index contributed by atoms with van der Waals surface area (Å²) < 4.78 is 0.551. The second-order valence-electron chi connectivity index (χ2n) is 2.78. The van der Waals surface area contributed by atoms with E-state index in [-0.39, 0.29) is 0 Å². The summed E-state index contributed by atoms with van der Waals surface area (Å²) >= 11 is 3.91. The van der Waals surface area contributed by atoms with E-state index >= 15 is 0 Å². The lowest BCUT2D eigenvalue weighted by Gasteiger charge is -2.09. The first-order valence-electron chi connectivity index (χ1n) is 4.01. The van der Waals surface area contributed by atoms with Crippen LogP contribution in [0.3, 0.4) is 0 Å². The Bertz CT molecular complexity index is 128. The van der Waals surface area contributed by atoms with Crippen LogP contribution < -0.4 is 0 Å².